The Hall–Kier alpha value is -2.33. The molecule has 0 amide bonds. The lowest BCUT2D eigenvalue weighted by atomic mass is 9.96. The van der Waals surface area contributed by atoms with Gasteiger partial charge < -0.3 is 5.32 Å². The number of rotatable bonds is 3. The second-order valence-electron chi connectivity index (χ2n) is 4.85. The van der Waals surface area contributed by atoms with Crippen LogP contribution in [-0.2, 0) is 0 Å². The molecule has 2 nitrogen and oxygen atoms in total. The number of halogens is 2. The van der Waals surface area contributed by atoms with E-state index in [9.17, 15) is 8.78 Å². The molecule has 0 fully saturated rings. The molecule has 3 aromatic rings. The minimum Gasteiger partial charge on any atom is -0.309 e. The van der Waals surface area contributed by atoms with E-state index in [0.717, 1.165) is 22.5 Å². The van der Waals surface area contributed by atoms with Crippen molar-refractivity contribution in [3.63, 3.8) is 0 Å². The van der Waals surface area contributed by atoms with Crippen molar-refractivity contribution in [2.45, 2.75) is 6.04 Å². The summed E-state index contributed by atoms with van der Waals surface area (Å²) in [6.07, 6.45) is 1.71. The van der Waals surface area contributed by atoms with Crippen LogP contribution in [0, 0.1) is 11.6 Å². The van der Waals surface area contributed by atoms with Gasteiger partial charge in [0.1, 0.15) is 11.6 Å². The van der Waals surface area contributed by atoms with Crippen molar-refractivity contribution >= 4 is 10.9 Å². The highest BCUT2D eigenvalue weighted by Gasteiger charge is 2.17. The quantitative estimate of drug-likeness (QED) is 0.791. The topological polar surface area (TPSA) is 24.9 Å². The summed E-state index contributed by atoms with van der Waals surface area (Å²) in [6.45, 7) is 0. The largest absolute Gasteiger partial charge is 0.309 e. The van der Waals surface area contributed by atoms with Gasteiger partial charge in [0.25, 0.3) is 0 Å². The summed E-state index contributed by atoms with van der Waals surface area (Å²) in [6, 6.07) is 12.8. The summed E-state index contributed by atoms with van der Waals surface area (Å²) < 4.78 is 26.9. The van der Waals surface area contributed by atoms with Crippen molar-refractivity contribution in [1.29, 1.82) is 0 Å². The van der Waals surface area contributed by atoms with Gasteiger partial charge >= 0.3 is 0 Å². The highest BCUT2D eigenvalue weighted by molar-refractivity contribution is 5.82. The molecular formula is C17H14F2N2. The minimum atomic E-state index is -0.585. The predicted molar refractivity (Wildman–Crippen MR) is 79.0 cm³/mol. The van der Waals surface area contributed by atoms with E-state index in [1.807, 2.05) is 30.3 Å². The molecule has 0 aliphatic heterocycles. The monoisotopic (exact) mass is 284 g/mol. The Labute approximate surface area is 121 Å². The van der Waals surface area contributed by atoms with Gasteiger partial charge in [-0.1, -0.05) is 24.3 Å². The fraction of sp³-hybridized carbons (Fsp3) is 0.118. The van der Waals surface area contributed by atoms with Crippen LogP contribution in [0.15, 0.2) is 54.7 Å². The maximum Gasteiger partial charge on any atom is 0.126 e. The zero-order chi connectivity index (χ0) is 14.8. The summed E-state index contributed by atoms with van der Waals surface area (Å²) in [4.78, 5) is 4.39. The van der Waals surface area contributed by atoms with Gasteiger partial charge in [-0.15, -0.1) is 0 Å². The molecule has 1 heterocycles. The lowest BCUT2D eigenvalue weighted by Crippen LogP contribution is -2.18. The number of para-hydroxylation sites is 1. The molecule has 1 unspecified atom stereocenters. The molecule has 0 saturated heterocycles. The van der Waals surface area contributed by atoms with E-state index < -0.39 is 11.6 Å². The van der Waals surface area contributed by atoms with E-state index in [1.165, 1.54) is 12.1 Å². The highest BCUT2D eigenvalue weighted by Crippen LogP contribution is 2.28. The maximum absolute atomic E-state index is 13.5. The van der Waals surface area contributed by atoms with Gasteiger partial charge in [-0.2, -0.15) is 0 Å². The standard InChI is InChI=1S/C17H14F2N2/c1-20-16(12-8-13(18)10-14(19)9-12)15-6-2-4-11-5-3-7-21-17(11)15/h2-10,16,20H,1H3. The lowest BCUT2D eigenvalue weighted by Gasteiger charge is -2.19. The van der Waals surface area contributed by atoms with Crippen LogP contribution in [0.3, 0.4) is 0 Å². The number of nitrogens with zero attached hydrogens (tertiary/aromatic N) is 1. The van der Waals surface area contributed by atoms with Crippen LogP contribution in [0.4, 0.5) is 8.78 Å². The molecule has 0 bridgehead atoms. The normalized spacial score (nSPS) is 12.5. The van der Waals surface area contributed by atoms with E-state index in [4.69, 9.17) is 0 Å². The van der Waals surface area contributed by atoms with Crippen LogP contribution in [0.5, 0.6) is 0 Å². The van der Waals surface area contributed by atoms with Crippen molar-refractivity contribution in [2.75, 3.05) is 7.05 Å². The second kappa shape index (κ2) is 5.58. The zero-order valence-electron chi connectivity index (χ0n) is 11.5. The van der Waals surface area contributed by atoms with Gasteiger partial charge in [0.15, 0.2) is 0 Å². The first kappa shape index (κ1) is 13.6. The summed E-state index contributed by atoms with van der Waals surface area (Å²) in [5.41, 5.74) is 2.25. The molecule has 1 N–H and O–H groups in total. The highest BCUT2D eigenvalue weighted by atomic mass is 19.1. The van der Waals surface area contributed by atoms with Crippen molar-refractivity contribution in [3.05, 3.63) is 77.5 Å². The summed E-state index contributed by atoms with van der Waals surface area (Å²) in [5, 5.41) is 4.10. The van der Waals surface area contributed by atoms with Crippen LogP contribution in [0.1, 0.15) is 17.2 Å². The molecule has 4 heteroatoms. The van der Waals surface area contributed by atoms with E-state index in [0.29, 0.717) is 5.56 Å². The summed E-state index contributed by atoms with van der Waals surface area (Å²) in [7, 11) is 1.76. The number of hydrogen-bond acceptors (Lipinski definition) is 2. The smallest absolute Gasteiger partial charge is 0.126 e. The van der Waals surface area contributed by atoms with E-state index in [2.05, 4.69) is 10.3 Å². The van der Waals surface area contributed by atoms with Crippen LogP contribution >= 0.6 is 0 Å². The van der Waals surface area contributed by atoms with Crippen molar-refractivity contribution in [1.82, 2.24) is 10.3 Å². The number of pyridine rings is 1. The third-order valence-electron chi connectivity index (χ3n) is 3.48. The SMILES string of the molecule is CNC(c1cc(F)cc(F)c1)c1cccc2cccnc12. The lowest BCUT2D eigenvalue weighted by molar-refractivity contribution is 0.572. The van der Waals surface area contributed by atoms with E-state index in [1.54, 1.807) is 13.2 Å². The molecular weight excluding hydrogens is 270 g/mol. The van der Waals surface area contributed by atoms with Gasteiger partial charge in [0, 0.05) is 17.6 Å². The second-order valence-corrected chi connectivity index (χ2v) is 4.85. The Morgan fingerprint density at radius 1 is 1.00 bits per heavy atom. The molecule has 1 atom stereocenters. The number of fused-ring (bicyclic) bond motifs is 1. The van der Waals surface area contributed by atoms with E-state index in [-0.39, 0.29) is 6.04 Å². The van der Waals surface area contributed by atoms with Crippen LogP contribution in [0.25, 0.3) is 10.9 Å². The Bertz CT molecular complexity index is 761. The Morgan fingerprint density at radius 2 is 1.71 bits per heavy atom. The average molecular weight is 284 g/mol. The minimum absolute atomic E-state index is 0.325. The number of benzene rings is 2. The predicted octanol–water partition coefficient (Wildman–Crippen LogP) is 3.82. The third-order valence-corrected chi connectivity index (χ3v) is 3.48. The van der Waals surface area contributed by atoms with Crippen LogP contribution in [-0.4, -0.2) is 12.0 Å². The molecule has 21 heavy (non-hydrogen) atoms. The summed E-state index contributed by atoms with van der Waals surface area (Å²) in [5.74, 6) is -1.17. The molecule has 106 valence electrons. The van der Waals surface area contributed by atoms with Crippen LogP contribution < -0.4 is 5.32 Å². The summed E-state index contributed by atoms with van der Waals surface area (Å²) >= 11 is 0. The first-order valence-electron chi connectivity index (χ1n) is 6.66. The molecule has 3 rings (SSSR count). The van der Waals surface area contributed by atoms with Gasteiger partial charge in [-0.05, 0) is 36.4 Å². The van der Waals surface area contributed by atoms with Gasteiger partial charge in [0.05, 0.1) is 11.6 Å². The van der Waals surface area contributed by atoms with Gasteiger partial charge in [-0.3, -0.25) is 4.98 Å². The molecule has 0 radical (unpaired) electrons. The van der Waals surface area contributed by atoms with Crippen molar-refractivity contribution < 1.29 is 8.78 Å². The van der Waals surface area contributed by atoms with Gasteiger partial charge in [-0.25, -0.2) is 8.78 Å². The molecule has 0 aliphatic carbocycles. The molecule has 1 aromatic heterocycles. The fourth-order valence-corrected chi connectivity index (χ4v) is 2.60. The third kappa shape index (κ3) is 2.62. The molecule has 0 spiro atoms. The van der Waals surface area contributed by atoms with Crippen LogP contribution in [0.2, 0.25) is 0 Å². The number of hydrogen-bond donors (Lipinski definition) is 1. The number of aromatic nitrogens is 1. The Morgan fingerprint density at radius 3 is 2.43 bits per heavy atom. The molecule has 0 aliphatic rings. The fourth-order valence-electron chi connectivity index (χ4n) is 2.60. The van der Waals surface area contributed by atoms with Crippen molar-refractivity contribution in [3.8, 4) is 0 Å². The first-order chi connectivity index (χ1) is 10.2. The molecule has 0 saturated carbocycles. The average Bonchev–Trinajstić information content (AvgIpc) is 2.47. The maximum atomic E-state index is 13.5. The van der Waals surface area contributed by atoms with E-state index >= 15 is 0 Å². The Balaban J connectivity index is 2.18. The zero-order valence-corrected chi connectivity index (χ0v) is 11.5. The van der Waals surface area contributed by atoms with Crippen molar-refractivity contribution in [2.24, 2.45) is 0 Å². The first-order valence-corrected chi connectivity index (χ1v) is 6.66. The Kier molecular flexibility index (Phi) is 3.62. The molecule has 2 aromatic carbocycles. The van der Waals surface area contributed by atoms with Gasteiger partial charge in [0.2, 0.25) is 0 Å². The number of nitrogens with one attached hydrogen (secondary N) is 1.